The molecule has 1 rings (SSSR count). The molecule has 0 saturated carbocycles. The molecule has 0 amide bonds. The highest BCUT2D eigenvalue weighted by Gasteiger charge is 2.20. The van der Waals surface area contributed by atoms with Crippen LogP contribution >= 0.6 is 0 Å². The second-order valence-corrected chi connectivity index (χ2v) is 7.03. The van der Waals surface area contributed by atoms with Crippen molar-refractivity contribution >= 4 is 11.9 Å². The summed E-state index contributed by atoms with van der Waals surface area (Å²) < 4.78 is 5.04. The molecule has 0 aromatic heterocycles. The normalized spacial score (nSPS) is 25.0. The quantitative estimate of drug-likeness (QED) is 0.442. The number of hydrogen-bond acceptors (Lipinski definition) is 3. The largest absolute Gasteiger partial charge is 0.393 e. The molecule has 0 aromatic rings. The van der Waals surface area contributed by atoms with Crippen LogP contribution in [0.15, 0.2) is 0 Å². The van der Waals surface area contributed by atoms with E-state index in [0.29, 0.717) is 6.42 Å². The lowest BCUT2D eigenvalue weighted by Gasteiger charge is -2.13. The van der Waals surface area contributed by atoms with Gasteiger partial charge in [0.15, 0.2) is 0 Å². The Morgan fingerprint density at radius 2 is 1.17 bits per heavy atom. The van der Waals surface area contributed by atoms with Crippen molar-refractivity contribution in [1.82, 2.24) is 0 Å². The fraction of sp³-hybridized carbons (Fsp3) is 0.900. The third kappa shape index (κ3) is 10.5. The summed E-state index contributed by atoms with van der Waals surface area (Å²) in [6.07, 6.45) is 18.0. The fourth-order valence-electron chi connectivity index (χ4n) is 3.34. The summed E-state index contributed by atoms with van der Waals surface area (Å²) in [5.41, 5.74) is 0. The van der Waals surface area contributed by atoms with Gasteiger partial charge in [-0.2, -0.15) is 0 Å². The van der Waals surface area contributed by atoms with Crippen LogP contribution in [0, 0.1) is 5.92 Å². The first kappa shape index (κ1) is 20.2. The molecule has 1 heterocycles. The second-order valence-electron chi connectivity index (χ2n) is 7.03. The minimum absolute atomic E-state index is 0.0963. The molecule has 0 spiro atoms. The van der Waals surface area contributed by atoms with E-state index in [1.807, 2.05) is 6.92 Å². The minimum atomic E-state index is -0.327. The molecular weight excluding hydrogens is 288 g/mol. The van der Waals surface area contributed by atoms with Crippen molar-refractivity contribution in [2.24, 2.45) is 5.92 Å². The zero-order chi connectivity index (χ0) is 16.8. The smallest absolute Gasteiger partial charge is 0.316 e. The predicted molar refractivity (Wildman–Crippen MR) is 94.1 cm³/mol. The zero-order valence-corrected chi connectivity index (χ0v) is 15.1. The third-order valence-corrected chi connectivity index (χ3v) is 4.97. The van der Waals surface area contributed by atoms with Crippen LogP contribution in [0.25, 0.3) is 0 Å². The van der Waals surface area contributed by atoms with Crippen molar-refractivity contribution in [3.8, 4) is 0 Å². The van der Waals surface area contributed by atoms with Crippen molar-refractivity contribution in [3.63, 3.8) is 0 Å². The Balaban J connectivity index is 2.37. The lowest BCUT2D eigenvalue weighted by atomic mass is 9.98. The molecule has 3 heteroatoms. The molecule has 0 N–H and O–H groups in total. The van der Waals surface area contributed by atoms with E-state index in [2.05, 4.69) is 0 Å². The van der Waals surface area contributed by atoms with Gasteiger partial charge in [-0.15, -0.1) is 0 Å². The molecule has 1 atom stereocenters. The number of carbonyl (C=O) groups is 2. The van der Waals surface area contributed by atoms with Gasteiger partial charge in [0.05, 0.1) is 5.92 Å². The first-order chi connectivity index (χ1) is 11.2. The number of ether oxygens (including phenoxy) is 1. The van der Waals surface area contributed by atoms with Gasteiger partial charge in [-0.3, -0.25) is 9.59 Å². The van der Waals surface area contributed by atoms with Crippen molar-refractivity contribution in [2.45, 2.75) is 110 Å². The van der Waals surface area contributed by atoms with Crippen LogP contribution in [-0.4, -0.2) is 11.9 Å². The molecule has 134 valence electrons. The summed E-state index contributed by atoms with van der Waals surface area (Å²) in [7, 11) is 0. The average Bonchev–Trinajstić information content (AvgIpc) is 2.53. The molecule has 0 bridgehead atoms. The van der Waals surface area contributed by atoms with Crippen molar-refractivity contribution in [2.75, 3.05) is 0 Å². The van der Waals surface area contributed by atoms with Gasteiger partial charge in [-0.05, 0) is 19.3 Å². The SMILES string of the molecule is CCC1CCCCCCCCCCCCCCCC(=O)OC1=O. The maximum Gasteiger partial charge on any atom is 0.316 e. The first-order valence-corrected chi connectivity index (χ1v) is 9.98. The van der Waals surface area contributed by atoms with Crippen LogP contribution in [0.2, 0.25) is 0 Å². The van der Waals surface area contributed by atoms with E-state index in [1.54, 1.807) is 0 Å². The van der Waals surface area contributed by atoms with Crippen LogP contribution in [0.3, 0.4) is 0 Å². The lowest BCUT2D eigenvalue weighted by Crippen LogP contribution is -2.21. The number of cyclic esters (lactones) is 2. The van der Waals surface area contributed by atoms with Gasteiger partial charge in [-0.25, -0.2) is 0 Å². The van der Waals surface area contributed by atoms with E-state index >= 15 is 0 Å². The predicted octanol–water partition coefficient (Wildman–Crippen LogP) is 5.95. The van der Waals surface area contributed by atoms with E-state index in [-0.39, 0.29) is 17.9 Å². The lowest BCUT2D eigenvalue weighted by molar-refractivity contribution is -0.163. The Morgan fingerprint density at radius 3 is 1.65 bits per heavy atom. The summed E-state index contributed by atoms with van der Waals surface area (Å²) in [5, 5.41) is 0. The first-order valence-electron chi connectivity index (χ1n) is 9.98. The molecule has 3 nitrogen and oxygen atoms in total. The zero-order valence-electron chi connectivity index (χ0n) is 15.1. The topological polar surface area (TPSA) is 43.4 Å². The molecule has 0 aromatic carbocycles. The van der Waals surface area contributed by atoms with Crippen LogP contribution in [0.1, 0.15) is 110 Å². The summed E-state index contributed by atoms with van der Waals surface area (Å²) in [5.74, 6) is -0.720. The van der Waals surface area contributed by atoms with Gasteiger partial charge in [-0.1, -0.05) is 84.0 Å². The van der Waals surface area contributed by atoms with Gasteiger partial charge in [0.25, 0.3) is 0 Å². The van der Waals surface area contributed by atoms with Crippen molar-refractivity contribution < 1.29 is 14.3 Å². The molecular formula is C20H36O3. The van der Waals surface area contributed by atoms with E-state index in [9.17, 15) is 9.59 Å². The Kier molecular flexibility index (Phi) is 11.9. The van der Waals surface area contributed by atoms with E-state index in [0.717, 1.165) is 32.1 Å². The van der Waals surface area contributed by atoms with E-state index < -0.39 is 0 Å². The van der Waals surface area contributed by atoms with Crippen molar-refractivity contribution in [1.29, 1.82) is 0 Å². The highest BCUT2D eigenvalue weighted by Crippen LogP contribution is 2.18. The number of carbonyl (C=O) groups excluding carboxylic acids is 2. The summed E-state index contributed by atoms with van der Waals surface area (Å²) in [4.78, 5) is 23.8. The van der Waals surface area contributed by atoms with Gasteiger partial charge in [0, 0.05) is 6.42 Å². The number of esters is 2. The standard InChI is InChI=1S/C20H36O3/c1-2-18-16-14-12-10-8-6-4-3-5-7-9-11-13-15-17-19(21)23-20(18)22/h18H,2-17H2,1H3. The molecule has 1 aliphatic heterocycles. The second kappa shape index (κ2) is 13.6. The maximum absolute atomic E-state index is 12.1. The van der Waals surface area contributed by atoms with Gasteiger partial charge < -0.3 is 4.74 Å². The average molecular weight is 325 g/mol. The maximum atomic E-state index is 12.1. The molecule has 0 aliphatic carbocycles. The van der Waals surface area contributed by atoms with Gasteiger partial charge in [0.1, 0.15) is 0 Å². The summed E-state index contributed by atoms with van der Waals surface area (Å²) in [6.45, 7) is 2.01. The van der Waals surface area contributed by atoms with Gasteiger partial charge in [0.2, 0.25) is 0 Å². The number of rotatable bonds is 1. The molecule has 1 unspecified atom stereocenters. The Bertz CT molecular complexity index is 325. The minimum Gasteiger partial charge on any atom is -0.393 e. The Morgan fingerprint density at radius 1 is 0.739 bits per heavy atom. The highest BCUT2D eigenvalue weighted by atomic mass is 16.6. The fourth-order valence-corrected chi connectivity index (χ4v) is 3.34. The molecule has 23 heavy (non-hydrogen) atoms. The van der Waals surface area contributed by atoms with Crippen LogP contribution < -0.4 is 0 Å². The molecule has 0 radical (unpaired) electrons. The van der Waals surface area contributed by atoms with Gasteiger partial charge >= 0.3 is 11.9 Å². The van der Waals surface area contributed by atoms with E-state index in [4.69, 9.17) is 4.74 Å². The van der Waals surface area contributed by atoms with Crippen molar-refractivity contribution in [3.05, 3.63) is 0 Å². The summed E-state index contributed by atoms with van der Waals surface area (Å²) >= 11 is 0. The summed E-state index contributed by atoms with van der Waals surface area (Å²) in [6, 6.07) is 0. The molecule has 1 fully saturated rings. The Labute approximate surface area is 142 Å². The van der Waals surface area contributed by atoms with Crippen LogP contribution in [0.5, 0.6) is 0 Å². The van der Waals surface area contributed by atoms with E-state index in [1.165, 1.54) is 64.2 Å². The van der Waals surface area contributed by atoms with Crippen LogP contribution in [0.4, 0.5) is 0 Å². The van der Waals surface area contributed by atoms with Crippen LogP contribution in [-0.2, 0) is 14.3 Å². The monoisotopic (exact) mass is 324 g/mol. The number of hydrogen-bond donors (Lipinski definition) is 0. The molecule has 1 aliphatic rings. The highest BCUT2D eigenvalue weighted by molar-refractivity contribution is 5.86. The Hall–Kier alpha value is -0.860. The molecule has 1 saturated heterocycles. The third-order valence-electron chi connectivity index (χ3n) is 4.97.